The van der Waals surface area contributed by atoms with Crippen LogP contribution in [0.1, 0.15) is 28.5 Å². The second-order valence-electron chi connectivity index (χ2n) is 9.89. The Balaban J connectivity index is 1.69. The van der Waals surface area contributed by atoms with Gasteiger partial charge < -0.3 is 30.7 Å². The van der Waals surface area contributed by atoms with Crippen LogP contribution in [0.15, 0.2) is 36.9 Å². The van der Waals surface area contributed by atoms with Gasteiger partial charge in [0, 0.05) is 49.4 Å². The Morgan fingerprint density at radius 3 is 2.68 bits per heavy atom. The maximum absolute atomic E-state index is 14.0. The molecule has 0 spiro atoms. The van der Waals surface area contributed by atoms with Gasteiger partial charge in [-0.1, -0.05) is 6.92 Å². The molecule has 1 amide bonds. The van der Waals surface area contributed by atoms with Crippen molar-refractivity contribution in [2.45, 2.75) is 26.1 Å². The van der Waals surface area contributed by atoms with Crippen LogP contribution in [0.2, 0.25) is 0 Å². The Morgan fingerprint density at radius 1 is 1.20 bits per heavy atom. The molecule has 4 N–H and O–H groups in total. The van der Waals surface area contributed by atoms with Gasteiger partial charge in [-0.15, -0.1) is 0 Å². The number of likely N-dealkylation sites (N-methyl/N-ethyl adjacent to an activating group) is 1. The van der Waals surface area contributed by atoms with Crippen LogP contribution in [0.25, 0.3) is 16.9 Å². The number of fused-ring (bicyclic) bond motifs is 1. The lowest BCUT2D eigenvalue weighted by Gasteiger charge is -2.17. The fourth-order valence-electron chi connectivity index (χ4n) is 4.56. The van der Waals surface area contributed by atoms with Gasteiger partial charge in [-0.05, 0) is 32.6 Å². The fraction of sp³-hybridized carbons (Fsp3) is 0.393. The summed E-state index contributed by atoms with van der Waals surface area (Å²) in [5.41, 5.74) is 5.66. The number of nitrogens with one attached hydrogen (secondary N) is 2. The molecule has 0 bridgehead atoms. The number of ether oxygens (including phenoxy) is 2. The molecular weight excluding hydrogens is 583 g/mol. The van der Waals surface area contributed by atoms with Crippen molar-refractivity contribution in [3.8, 4) is 17.0 Å². The Morgan fingerprint density at radius 2 is 2.00 bits per heavy atom. The van der Waals surface area contributed by atoms with Gasteiger partial charge in [0.1, 0.15) is 0 Å². The molecule has 13 nitrogen and oxygen atoms in total. The number of hydrogen-bond acceptors (Lipinski definition) is 10. The molecule has 0 fully saturated rings. The molecule has 3 heterocycles. The third-order valence-electron chi connectivity index (χ3n) is 6.58. The van der Waals surface area contributed by atoms with E-state index in [4.69, 9.17) is 15.2 Å². The minimum atomic E-state index is -4.69. The van der Waals surface area contributed by atoms with Crippen LogP contribution in [0.4, 0.5) is 24.7 Å². The Bertz CT molecular complexity index is 1600. The van der Waals surface area contributed by atoms with E-state index in [-0.39, 0.29) is 60.5 Å². The maximum atomic E-state index is 14.0. The Labute approximate surface area is 251 Å². The van der Waals surface area contributed by atoms with Gasteiger partial charge in [-0.2, -0.15) is 18.3 Å². The summed E-state index contributed by atoms with van der Waals surface area (Å²) >= 11 is 0. The third kappa shape index (κ3) is 7.32. The van der Waals surface area contributed by atoms with E-state index >= 15 is 0 Å². The molecule has 0 aliphatic heterocycles. The first-order valence-corrected chi connectivity index (χ1v) is 13.8. The second-order valence-corrected chi connectivity index (χ2v) is 9.89. The van der Waals surface area contributed by atoms with Crippen molar-refractivity contribution in [3.63, 3.8) is 0 Å². The highest BCUT2D eigenvalue weighted by Gasteiger charge is 2.38. The van der Waals surface area contributed by atoms with E-state index in [2.05, 4.69) is 25.7 Å². The predicted octanol–water partition coefficient (Wildman–Crippen LogP) is 2.72. The third-order valence-corrected chi connectivity index (χ3v) is 6.58. The summed E-state index contributed by atoms with van der Waals surface area (Å²) in [6, 6.07) is 3.12. The minimum absolute atomic E-state index is 0.103. The maximum Gasteiger partial charge on any atom is 0.435 e. The first-order chi connectivity index (χ1) is 21.1. The number of anilines is 2. The molecule has 0 unspecified atom stereocenters. The average Bonchev–Trinajstić information content (AvgIpc) is 3.61. The number of rotatable bonds is 15. The molecule has 0 saturated heterocycles. The molecule has 0 radical (unpaired) electrons. The summed E-state index contributed by atoms with van der Waals surface area (Å²) in [5.74, 6) is -0.101. The van der Waals surface area contributed by atoms with Crippen LogP contribution < -0.4 is 21.1 Å². The van der Waals surface area contributed by atoms with Crippen molar-refractivity contribution in [1.82, 2.24) is 34.4 Å². The van der Waals surface area contributed by atoms with Crippen molar-refractivity contribution >= 4 is 29.5 Å². The molecule has 0 atom stereocenters. The van der Waals surface area contributed by atoms with Crippen molar-refractivity contribution in [1.29, 1.82) is 0 Å². The molecule has 4 rings (SSSR count). The molecule has 1 aromatic carbocycles. The first kappa shape index (κ1) is 32.4. The lowest BCUT2D eigenvalue weighted by molar-refractivity contribution is -0.141. The van der Waals surface area contributed by atoms with Gasteiger partial charge >= 0.3 is 6.18 Å². The number of hydrogen-bond donors (Lipinski definition) is 3. The monoisotopic (exact) mass is 617 g/mol. The highest BCUT2D eigenvalue weighted by atomic mass is 19.4. The number of amides is 1. The zero-order chi connectivity index (χ0) is 31.9. The number of benzene rings is 1. The summed E-state index contributed by atoms with van der Waals surface area (Å²) in [6.07, 6.45) is 1.20. The van der Waals surface area contributed by atoms with Crippen molar-refractivity contribution in [2.24, 2.45) is 5.73 Å². The Kier molecular flexibility index (Phi) is 10.5. The van der Waals surface area contributed by atoms with Crippen LogP contribution in [0.3, 0.4) is 0 Å². The van der Waals surface area contributed by atoms with Crippen LogP contribution >= 0.6 is 0 Å². The highest BCUT2D eigenvalue weighted by Crippen LogP contribution is 2.38. The van der Waals surface area contributed by atoms with E-state index in [1.54, 1.807) is 19.1 Å². The molecule has 4 aromatic rings. The van der Waals surface area contributed by atoms with Crippen LogP contribution in [-0.4, -0.2) is 88.4 Å². The van der Waals surface area contributed by atoms with Gasteiger partial charge in [0.25, 0.3) is 12.4 Å². The summed E-state index contributed by atoms with van der Waals surface area (Å²) < 4.78 is 55.3. The van der Waals surface area contributed by atoms with E-state index in [9.17, 15) is 22.8 Å². The standard InChI is InChI=1S/C28H34F3N9O4/c1-4-18-19(27(42)34-9-14-43-13-7-32)5-6-21(23(18)44-17-41)36-25-26-35-15-22(40(26)10-8-33-25)20-16-39(12-11-38(2)3)37-24(20)28(29,30)31/h5-6,8,10,15-17H,4,7,9,11-14,32H2,1-3H3,(H,33,36)(H,34,42). The average molecular weight is 618 g/mol. The van der Waals surface area contributed by atoms with Crippen LogP contribution in [0.5, 0.6) is 5.75 Å². The molecule has 3 aromatic heterocycles. The summed E-state index contributed by atoms with van der Waals surface area (Å²) in [4.78, 5) is 34.9. The zero-order valence-corrected chi connectivity index (χ0v) is 24.5. The molecule has 16 heteroatoms. The summed E-state index contributed by atoms with van der Waals surface area (Å²) in [5, 5.41) is 9.63. The van der Waals surface area contributed by atoms with E-state index in [1.165, 1.54) is 33.9 Å². The SMILES string of the molecule is CCc1c(C(=O)NCCOCCN)ccc(Nc2nccn3c(-c4cn(CCN(C)C)nc4C(F)(F)F)cnc23)c1OC=O. The molecule has 0 saturated carbocycles. The van der Waals surface area contributed by atoms with Crippen LogP contribution in [0, 0.1) is 0 Å². The lowest BCUT2D eigenvalue weighted by atomic mass is 10.0. The number of imidazole rings is 1. The predicted molar refractivity (Wildman–Crippen MR) is 156 cm³/mol. The number of carbonyl (C=O) groups is 2. The molecular formula is C28H34F3N9O4. The molecule has 236 valence electrons. The van der Waals surface area contributed by atoms with E-state index in [1.807, 2.05) is 19.0 Å². The summed E-state index contributed by atoms with van der Waals surface area (Å²) in [6.45, 7) is 4.08. The quantitative estimate of drug-likeness (QED) is 0.134. The number of nitrogens with zero attached hydrogens (tertiary/aromatic N) is 6. The first-order valence-electron chi connectivity index (χ1n) is 13.8. The van der Waals surface area contributed by atoms with Crippen LogP contribution in [-0.2, 0) is 28.7 Å². The highest BCUT2D eigenvalue weighted by molar-refractivity contribution is 5.97. The van der Waals surface area contributed by atoms with Gasteiger partial charge in [0.2, 0.25) is 0 Å². The van der Waals surface area contributed by atoms with E-state index < -0.39 is 11.9 Å². The lowest BCUT2D eigenvalue weighted by Crippen LogP contribution is -2.29. The minimum Gasteiger partial charge on any atom is -0.426 e. The number of halogens is 3. The number of nitrogens with two attached hydrogens (primary N) is 1. The number of carbonyl (C=O) groups excluding carboxylic acids is 2. The molecule has 0 aliphatic rings. The van der Waals surface area contributed by atoms with Gasteiger partial charge in [-0.25, -0.2) is 9.97 Å². The van der Waals surface area contributed by atoms with Gasteiger partial charge in [0.05, 0.1) is 42.9 Å². The topological polar surface area (TPSA) is 154 Å². The van der Waals surface area contributed by atoms with Crippen molar-refractivity contribution in [2.75, 3.05) is 52.3 Å². The number of alkyl halides is 3. The molecule has 0 aliphatic carbocycles. The second kappa shape index (κ2) is 14.3. The fourth-order valence-corrected chi connectivity index (χ4v) is 4.56. The summed E-state index contributed by atoms with van der Waals surface area (Å²) in [7, 11) is 3.64. The number of aromatic nitrogens is 5. The molecule has 44 heavy (non-hydrogen) atoms. The van der Waals surface area contributed by atoms with Gasteiger partial charge in [-0.3, -0.25) is 18.7 Å². The zero-order valence-electron chi connectivity index (χ0n) is 24.5. The Hall–Kier alpha value is -4.54. The van der Waals surface area contributed by atoms with Gasteiger partial charge in [0.15, 0.2) is 22.9 Å². The van der Waals surface area contributed by atoms with E-state index in [0.717, 1.165) is 0 Å². The van der Waals surface area contributed by atoms with E-state index in [0.29, 0.717) is 42.9 Å². The smallest absolute Gasteiger partial charge is 0.426 e. The largest absolute Gasteiger partial charge is 0.435 e. The normalized spacial score (nSPS) is 11.7. The van der Waals surface area contributed by atoms with Crippen molar-refractivity contribution < 1.29 is 32.2 Å². The van der Waals surface area contributed by atoms with Crippen molar-refractivity contribution in [3.05, 3.63) is 53.7 Å².